The van der Waals surface area contributed by atoms with Crippen molar-refractivity contribution in [3.05, 3.63) is 56.2 Å². The molecule has 3 rings (SSSR count). The smallest absolute Gasteiger partial charge is 0.267 e. The number of anilines is 2. The Morgan fingerprint density at radius 3 is 2.31 bits per heavy atom. The van der Waals surface area contributed by atoms with Gasteiger partial charge in [0.15, 0.2) is 5.13 Å². The van der Waals surface area contributed by atoms with Crippen LogP contribution in [-0.4, -0.2) is 21.9 Å². The number of hydrogen-bond donors (Lipinski definition) is 3. The topological polar surface area (TPSA) is 91.3 Å². The van der Waals surface area contributed by atoms with E-state index in [1.165, 1.54) is 17.5 Å². The number of phenols is 1. The van der Waals surface area contributed by atoms with Crippen LogP contribution >= 0.6 is 22.7 Å². The van der Waals surface area contributed by atoms with Crippen LogP contribution in [0.4, 0.5) is 10.8 Å². The Hall–Kier alpha value is -2.71. The van der Waals surface area contributed by atoms with E-state index in [0.717, 1.165) is 21.8 Å². The second kappa shape index (κ2) is 7.96. The number of nitrogens with zero attached hydrogens (tertiary/aromatic N) is 1. The number of amides is 2. The number of thiazole rings is 1. The molecular formula is C21H23N3O3S2. The highest BCUT2D eigenvalue weighted by molar-refractivity contribution is 7.18. The molecule has 1 aromatic carbocycles. The fourth-order valence-electron chi connectivity index (χ4n) is 2.66. The van der Waals surface area contributed by atoms with E-state index in [0.29, 0.717) is 26.1 Å². The average molecular weight is 430 g/mol. The maximum absolute atomic E-state index is 12.6. The summed E-state index contributed by atoms with van der Waals surface area (Å²) in [4.78, 5) is 31.3. The number of aromatic hydroxyl groups is 1. The van der Waals surface area contributed by atoms with E-state index in [1.807, 2.05) is 13.0 Å². The third kappa shape index (κ3) is 4.65. The van der Waals surface area contributed by atoms with Crippen LogP contribution < -0.4 is 10.6 Å². The molecule has 0 radical (unpaired) electrons. The molecule has 0 unspecified atom stereocenters. The number of rotatable bonds is 4. The molecule has 2 aromatic heterocycles. The van der Waals surface area contributed by atoms with E-state index in [-0.39, 0.29) is 23.0 Å². The second-order valence-corrected chi connectivity index (χ2v) is 9.87. The molecule has 3 N–H and O–H groups in total. The quantitative estimate of drug-likeness (QED) is 0.523. The third-order valence-electron chi connectivity index (χ3n) is 4.40. The molecule has 6 nitrogen and oxygen atoms in total. The zero-order valence-corrected chi connectivity index (χ0v) is 18.5. The van der Waals surface area contributed by atoms with Crippen molar-refractivity contribution in [2.24, 2.45) is 0 Å². The van der Waals surface area contributed by atoms with Gasteiger partial charge in [-0.05, 0) is 43.0 Å². The molecule has 0 aliphatic carbocycles. The van der Waals surface area contributed by atoms with Gasteiger partial charge in [0.05, 0.1) is 16.8 Å². The van der Waals surface area contributed by atoms with Gasteiger partial charge in [0, 0.05) is 10.4 Å². The number of carbonyl (C=O) groups excluding carboxylic acids is 2. The van der Waals surface area contributed by atoms with E-state index in [1.54, 1.807) is 25.1 Å². The summed E-state index contributed by atoms with van der Waals surface area (Å²) in [7, 11) is 0. The zero-order valence-electron chi connectivity index (χ0n) is 16.9. The molecule has 0 saturated heterocycles. The average Bonchev–Trinajstić information content (AvgIpc) is 3.31. The zero-order chi connectivity index (χ0) is 21.3. The Morgan fingerprint density at radius 2 is 1.66 bits per heavy atom. The number of benzene rings is 1. The first-order valence-electron chi connectivity index (χ1n) is 9.04. The van der Waals surface area contributed by atoms with Gasteiger partial charge in [-0.1, -0.05) is 38.2 Å². The molecule has 2 heterocycles. The standard InChI is InChI=1S/C21H23N3O3S2/c1-11-6-7-13(25)12(2)17(11)23-19(27)15-10-22-20(29-15)24-18(26)14-8-9-16(28-14)21(3,4)5/h6-10,25H,1-5H3,(H,23,27)(H,22,24,26). The molecule has 0 bridgehead atoms. The first-order valence-corrected chi connectivity index (χ1v) is 10.7. The largest absolute Gasteiger partial charge is 0.508 e. The highest BCUT2D eigenvalue weighted by Gasteiger charge is 2.20. The summed E-state index contributed by atoms with van der Waals surface area (Å²) in [6, 6.07) is 7.09. The minimum absolute atomic E-state index is 0.0161. The van der Waals surface area contributed by atoms with Crippen LogP contribution in [0.1, 0.15) is 56.1 Å². The van der Waals surface area contributed by atoms with Crippen molar-refractivity contribution in [1.82, 2.24) is 4.98 Å². The van der Waals surface area contributed by atoms with Gasteiger partial charge in [0.1, 0.15) is 10.6 Å². The molecule has 3 aromatic rings. The van der Waals surface area contributed by atoms with Gasteiger partial charge < -0.3 is 10.4 Å². The van der Waals surface area contributed by atoms with Crippen LogP contribution in [0.5, 0.6) is 5.75 Å². The lowest BCUT2D eigenvalue weighted by Crippen LogP contribution is -2.12. The van der Waals surface area contributed by atoms with Crippen molar-refractivity contribution in [3.8, 4) is 5.75 Å². The third-order valence-corrected chi connectivity index (χ3v) is 6.82. The summed E-state index contributed by atoms with van der Waals surface area (Å²) in [5.41, 5.74) is 2.00. The van der Waals surface area contributed by atoms with Crippen molar-refractivity contribution in [2.45, 2.75) is 40.0 Å². The first kappa shape index (κ1) is 21.0. The van der Waals surface area contributed by atoms with Gasteiger partial charge in [-0.3, -0.25) is 14.9 Å². The number of nitrogens with one attached hydrogen (secondary N) is 2. The Kier molecular flexibility index (Phi) is 5.77. The van der Waals surface area contributed by atoms with E-state index >= 15 is 0 Å². The summed E-state index contributed by atoms with van der Waals surface area (Å²) in [6.07, 6.45) is 1.43. The van der Waals surface area contributed by atoms with Crippen LogP contribution in [0.2, 0.25) is 0 Å². The monoisotopic (exact) mass is 429 g/mol. The molecule has 0 atom stereocenters. The highest BCUT2D eigenvalue weighted by atomic mass is 32.1. The summed E-state index contributed by atoms with van der Waals surface area (Å²) in [5, 5.41) is 15.8. The minimum Gasteiger partial charge on any atom is -0.508 e. The summed E-state index contributed by atoms with van der Waals surface area (Å²) >= 11 is 2.55. The number of phenolic OH excluding ortho intramolecular Hbond substituents is 1. The maximum Gasteiger partial charge on any atom is 0.267 e. The van der Waals surface area contributed by atoms with Gasteiger partial charge in [-0.15, -0.1) is 11.3 Å². The van der Waals surface area contributed by atoms with E-state index in [4.69, 9.17) is 0 Å². The van der Waals surface area contributed by atoms with E-state index < -0.39 is 0 Å². The second-order valence-electron chi connectivity index (χ2n) is 7.75. The number of aromatic nitrogens is 1. The Balaban J connectivity index is 1.71. The van der Waals surface area contributed by atoms with Gasteiger partial charge in [-0.25, -0.2) is 4.98 Å². The normalized spacial score (nSPS) is 11.3. The Labute approximate surface area is 177 Å². The van der Waals surface area contributed by atoms with Crippen molar-refractivity contribution in [1.29, 1.82) is 0 Å². The number of carbonyl (C=O) groups is 2. The van der Waals surface area contributed by atoms with Gasteiger partial charge in [-0.2, -0.15) is 0 Å². The molecule has 152 valence electrons. The molecule has 29 heavy (non-hydrogen) atoms. The summed E-state index contributed by atoms with van der Waals surface area (Å²) in [5.74, 6) is -0.467. The van der Waals surface area contributed by atoms with E-state index in [2.05, 4.69) is 36.4 Å². The van der Waals surface area contributed by atoms with Crippen molar-refractivity contribution < 1.29 is 14.7 Å². The van der Waals surface area contributed by atoms with Gasteiger partial charge >= 0.3 is 0 Å². The molecule has 8 heteroatoms. The fourth-order valence-corrected chi connectivity index (χ4v) is 4.33. The van der Waals surface area contributed by atoms with Gasteiger partial charge in [0.25, 0.3) is 11.8 Å². The van der Waals surface area contributed by atoms with Crippen LogP contribution in [0.15, 0.2) is 30.5 Å². The first-order chi connectivity index (χ1) is 13.6. The number of aryl methyl sites for hydroxylation is 1. The van der Waals surface area contributed by atoms with Crippen LogP contribution in [0.25, 0.3) is 0 Å². The SMILES string of the molecule is Cc1ccc(O)c(C)c1NC(=O)c1cnc(NC(=O)c2ccc(C(C)(C)C)s2)s1. The van der Waals surface area contributed by atoms with Crippen LogP contribution in [0, 0.1) is 13.8 Å². The van der Waals surface area contributed by atoms with Crippen molar-refractivity contribution in [3.63, 3.8) is 0 Å². The lowest BCUT2D eigenvalue weighted by atomic mass is 9.95. The fraction of sp³-hybridized carbons (Fsp3) is 0.286. The lowest BCUT2D eigenvalue weighted by Gasteiger charge is -2.15. The van der Waals surface area contributed by atoms with Crippen LogP contribution in [-0.2, 0) is 5.41 Å². The van der Waals surface area contributed by atoms with Crippen LogP contribution in [0.3, 0.4) is 0 Å². The summed E-state index contributed by atoms with van der Waals surface area (Å²) < 4.78 is 0. The molecule has 0 saturated carbocycles. The Morgan fingerprint density at radius 1 is 0.966 bits per heavy atom. The number of thiophene rings is 1. The molecule has 0 aliphatic rings. The molecular weight excluding hydrogens is 406 g/mol. The van der Waals surface area contributed by atoms with E-state index in [9.17, 15) is 14.7 Å². The number of hydrogen-bond acceptors (Lipinski definition) is 6. The lowest BCUT2D eigenvalue weighted by molar-refractivity contribution is 0.102. The molecule has 2 amide bonds. The van der Waals surface area contributed by atoms with Crippen molar-refractivity contribution >= 4 is 45.3 Å². The maximum atomic E-state index is 12.6. The van der Waals surface area contributed by atoms with Gasteiger partial charge in [0.2, 0.25) is 0 Å². The molecule has 0 spiro atoms. The predicted octanol–water partition coefficient (Wildman–Crippen LogP) is 5.33. The molecule has 0 aliphatic heterocycles. The molecule has 0 fully saturated rings. The Bertz CT molecular complexity index is 1080. The minimum atomic E-state index is -0.342. The predicted molar refractivity (Wildman–Crippen MR) is 119 cm³/mol. The highest BCUT2D eigenvalue weighted by Crippen LogP contribution is 2.31. The van der Waals surface area contributed by atoms with Crippen molar-refractivity contribution in [2.75, 3.05) is 10.6 Å². The summed E-state index contributed by atoms with van der Waals surface area (Å²) in [6.45, 7) is 9.89.